The first-order chi connectivity index (χ1) is 11.2. The Labute approximate surface area is 146 Å². The van der Waals surface area contributed by atoms with Crippen molar-refractivity contribution in [2.24, 2.45) is 4.99 Å². The number of nitrogens with zero attached hydrogens (tertiary/aromatic N) is 2. The number of aromatic nitrogens is 1. The number of thiazole rings is 1. The Kier molecular flexibility index (Phi) is 4.16. The van der Waals surface area contributed by atoms with Crippen LogP contribution in [0.2, 0.25) is 0 Å². The smallest absolute Gasteiger partial charge is 0.279 e. The number of benzene rings is 1. The van der Waals surface area contributed by atoms with Crippen molar-refractivity contribution in [3.63, 3.8) is 0 Å². The van der Waals surface area contributed by atoms with Crippen LogP contribution in [0.3, 0.4) is 0 Å². The molecule has 7 nitrogen and oxygen atoms in total. The Morgan fingerprint density at radius 1 is 1.42 bits per heavy atom. The quantitative estimate of drug-likeness (QED) is 0.596. The third-order valence-electron chi connectivity index (χ3n) is 3.52. The molecule has 0 atom stereocenters. The lowest BCUT2D eigenvalue weighted by Crippen LogP contribution is -2.23. The van der Waals surface area contributed by atoms with Crippen molar-refractivity contribution in [2.45, 2.75) is 13.5 Å². The normalized spacial score (nSPS) is 13.9. The molecule has 0 radical (unpaired) electrons. The number of carbonyl (C=O) groups excluding carboxylic acids is 1. The van der Waals surface area contributed by atoms with E-state index in [-0.39, 0.29) is 26.8 Å². The number of fused-ring (bicyclic) bond motifs is 1. The molecule has 2 aromatic rings. The highest BCUT2D eigenvalue weighted by Crippen LogP contribution is 2.32. The molecule has 1 aromatic carbocycles. The molecular formula is C14H11N2O5S3-. The van der Waals surface area contributed by atoms with Gasteiger partial charge >= 0.3 is 0 Å². The summed E-state index contributed by atoms with van der Waals surface area (Å²) in [6.07, 6.45) is 0. The fraction of sp³-hybridized carbons (Fsp3) is 0.214. The van der Waals surface area contributed by atoms with Gasteiger partial charge in [-0.15, -0.1) is 11.3 Å². The Hall–Kier alpha value is -1.88. The largest absolute Gasteiger partial charge is 0.748 e. The van der Waals surface area contributed by atoms with Crippen LogP contribution < -0.4 is 10.6 Å². The summed E-state index contributed by atoms with van der Waals surface area (Å²) in [5.74, 6) is -1.53. The van der Waals surface area contributed by atoms with Gasteiger partial charge in [0.15, 0.2) is 3.95 Å². The van der Waals surface area contributed by atoms with E-state index in [9.17, 15) is 22.9 Å². The van der Waals surface area contributed by atoms with Crippen molar-refractivity contribution < 1.29 is 22.9 Å². The minimum atomic E-state index is -4.45. The lowest BCUT2D eigenvalue weighted by atomic mass is 10.1. The van der Waals surface area contributed by atoms with E-state index in [1.807, 2.05) is 13.0 Å². The van der Waals surface area contributed by atoms with E-state index in [0.29, 0.717) is 10.6 Å². The Bertz CT molecular complexity index is 1140. The fourth-order valence-electron chi connectivity index (χ4n) is 2.41. The highest BCUT2D eigenvalue weighted by molar-refractivity contribution is 7.85. The van der Waals surface area contributed by atoms with Gasteiger partial charge in [-0.1, -0.05) is 11.6 Å². The topological polar surface area (TPSA) is 112 Å². The third kappa shape index (κ3) is 3.05. The molecule has 1 aliphatic heterocycles. The van der Waals surface area contributed by atoms with Crippen molar-refractivity contribution in [1.82, 2.24) is 4.57 Å². The molecule has 2 heterocycles. The summed E-state index contributed by atoms with van der Waals surface area (Å²) in [6.45, 7) is 1.60. The number of amides is 1. The van der Waals surface area contributed by atoms with Gasteiger partial charge in [0.05, 0.1) is 26.8 Å². The summed E-state index contributed by atoms with van der Waals surface area (Å²) in [6, 6.07) is 5.32. The number of hydrogen-bond acceptors (Lipinski definition) is 7. The van der Waals surface area contributed by atoms with Crippen LogP contribution in [0.25, 0.3) is 5.57 Å². The van der Waals surface area contributed by atoms with E-state index in [1.165, 1.54) is 0 Å². The van der Waals surface area contributed by atoms with E-state index in [1.54, 1.807) is 12.1 Å². The van der Waals surface area contributed by atoms with Crippen LogP contribution >= 0.6 is 23.6 Å². The summed E-state index contributed by atoms with van der Waals surface area (Å²) in [4.78, 5) is 16.4. The number of hydrogen-bond donors (Lipinski definition) is 1. The second-order valence-electron chi connectivity index (χ2n) is 5.25. The van der Waals surface area contributed by atoms with E-state index in [2.05, 4.69) is 4.99 Å². The van der Waals surface area contributed by atoms with Crippen LogP contribution in [0.4, 0.5) is 0 Å². The van der Waals surface area contributed by atoms with Gasteiger partial charge in [-0.2, -0.15) is 0 Å². The highest BCUT2D eigenvalue weighted by atomic mass is 32.2. The fourth-order valence-corrected chi connectivity index (χ4v) is 4.21. The maximum absolute atomic E-state index is 12.2. The van der Waals surface area contributed by atoms with Gasteiger partial charge in [-0.05, 0) is 31.3 Å². The second kappa shape index (κ2) is 5.88. The van der Waals surface area contributed by atoms with Gasteiger partial charge in [0, 0.05) is 11.8 Å². The molecule has 24 heavy (non-hydrogen) atoms. The lowest BCUT2D eigenvalue weighted by molar-refractivity contribution is -0.112. The van der Waals surface area contributed by atoms with Crippen LogP contribution in [-0.2, 0) is 21.5 Å². The van der Waals surface area contributed by atoms with Gasteiger partial charge in [0.1, 0.15) is 4.88 Å². The molecule has 0 bridgehead atoms. The maximum Gasteiger partial charge on any atom is 0.279 e. The predicted molar refractivity (Wildman–Crippen MR) is 88.8 cm³/mol. The molecule has 0 fully saturated rings. The average Bonchev–Trinajstić information content (AvgIpc) is 2.92. The zero-order valence-corrected chi connectivity index (χ0v) is 14.8. The van der Waals surface area contributed by atoms with Crippen LogP contribution in [0.5, 0.6) is 5.88 Å². The summed E-state index contributed by atoms with van der Waals surface area (Å²) in [5, 5.41) is 11.5. The maximum atomic E-state index is 12.2. The zero-order valence-electron chi connectivity index (χ0n) is 12.3. The van der Waals surface area contributed by atoms with Crippen molar-refractivity contribution in [3.05, 3.63) is 43.2 Å². The molecule has 0 unspecified atom stereocenters. The molecule has 1 N–H and O–H groups in total. The molecule has 1 aliphatic rings. The Morgan fingerprint density at radius 3 is 2.79 bits per heavy atom. The molecule has 0 spiro atoms. The summed E-state index contributed by atoms with van der Waals surface area (Å²) < 4.78 is 33.7. The lowest BCUT2D eigenvalue weighted by Gasteiger charge is -2.08. The van der Waals surface area contributed by atoms with Crippen LogP contribution in [0.1, 0.15) is 10.4 Å². The molecule has 3 rings (SSSR count). The van der Waals surface area contributed by atoms with Crippen molar-refractivity contribution >= 4 is 45.2 Å². The van der Waals surface area contributed by atoms with Crippen LogP contribution in [0, 0.1) is 10.9 Å². The Morgan fingerprint density at radius 2 is 2.12 bits per heavy atom. The van der Waals surface area contributed by atoms with E-state index >= 15 is 0 Å². The number of rotatable bonds is 4. The summed E-state index contributed by atoms with van der Waals surface area (Å²) in [5.41, 5.74) is 1.15. The first-order valence-electron chi connectivity index (χ1n) is 6.78. The van der Waals surface area contributed by atoms with E-state index in [4.69, 9.17) is 12.2 Å². The molecule has 126 valence electrons. The second-order valence-corrected chi connectivity index (χ2v) is 8.41. The van der Waals surface area contributed by atoms with Gasteiger partial charge in [-0.25, -0.2) is 13.4 Å². The first kappa shape index (κ1) is 17.0. The van der Waals surface area contributed by atoms with Crippen molar-refractivity contribution in [1.29, 1.82) is 0 Å². The molecular weight excluding hydrogens is 372 g/mol. The van der Waals surface area contributed by atoms with Crippen LogP contribution in [0.15, 0.2) is 23.2 Å². The van der Waals surface area contributed by atoms with Crippen LogP contribution in [-0.4, -0.2) is 34.3 Å². The third-order valence-corrected chi connectivity index (χ3v) is 5.66. The highest BCUT2D eigenvalue weighted by Gasteiger charge is 2.25. The predicted octanol–water partition coefficient (Wildman–Crippen LogP) is 0.197. The summed E-state index contributed by atoms with van der Waals surface area (Å²) in [7, 11) is -4.45. The van der Waals surface area contributed by atoms with Gasteiger partial charge in [0.2, 0.25) is 5.88 Å². The minimum Gasteiger partial charge on any atom is -0.748 e. The molecule has 1 aromatic heterocycles. The molecule has 0 saturated heterocycles. The first-order valence-corrected chi connectivity index (χ1v) is 9.58. The number of aryl methyl sites for hydroxylation is 1. The van der Waals surface area contributed by atoms with Gasteiger partial charge in [-0.3, -0.25) is 9.36 Å². The molecule has 0 aliphatic carbocycles. The zero-order chi connectivity index (χ0) is 17.6. The Balaban J connectivity index is 2.18. The average molecular weight is 383 g/mol. The molecule has 0 saturated carbocycles. The SMILES string of the molecule is Cc1ccc2c(c1)=C(c1sc(=S)n(CCS(=O)(=O)[O-])c1O)C(=O)N=2. The minimum absolute atomic E-state index is 0.174. The van der Waals surface area contributed by atoms with E-state index < -0.39 is 21.8 Å². The van der Waals surface area contributed by atoms with Gasteiger partial charge < -0.3 is 9.66 Å². The monoisotopic (exact) mass is 383 g/mol. The van der Waals surface area contributed by atoms with Crippen molar-refractivity contribution in [2.75, 3.05) is 5.75 Å². The molecule has 10 heteroatoms. The molecule has 1 amide bonds. The number of carbonyl (C=O) groups is 1. The summed E-state index contributed by atoms with van der Waals surface area (Å²) >= 11 is 6.09. The number of aromatic hydroxyl groups is 1. The van der Waals surface area contributed by atoms with Gasteiger partial charge in [0.25, 0.3) is 5.91 Å². The van der Waals surface area contributed by atoms with E-state index in [0.717, 1.165) is 21.5 Å². The standard InChI is InChI=1S/C14H12N2O5S3/c1-7-2-3-9-8(6-7)10(12(17)15-9)11-13(18)16(14(22)23-11)4-5-24(19,20)21/h2-3,6,18H,4-5H2,1H3,(H,19,20,21)/p-1. The van der Waals surface area contributed by atoms with Crippen molar-refractivity contribution in [3.8, 4) is 5.88 Å².